The van der Waals surface area contributed by atoms with Crippen LogP contribution in [0.3, 0.4) is 0 Å². The summed E-state index contributed by atoms with van der Waals surface area (Å²) in [7, 11) is 0. The van der Waals surface area contributed by atoms with E-state index in [0.717, 1.165) is 0 Å². The molecule has 0 saturated heterocycles. The summed E-state index contributed by atoms with van der Waals surface area (Å²) in [6, 6.07) is 15.4. The van der Waals surface area contributed by atoms with E-state index in [1.807, 2.05) is 6.07 Å². The highest BCUT2D eigenvalue weighted by Crippen LogP contribution is 2.09. The minimum absolute atomic E-state index is 0.0705. The SMILES string of the molecule is C=C(CC(=O)c1ccccc1)NNC(=O)c1ccc(Cl)cc1. The zero-order valence-corrected chi connectivity index (χ0v) is 12.6. The number of amides is 1. The van der Waals surface area contributed by atoms with Crippen molar-refractivity contribution in [3.05, 3.63) is 83.0 Å². The van der Waals surface area contributed by atoms with Gasteiger partial charge in [0.1, 0.15) is 0 Å². The van der Waals surface area contributed by atoms with Crippen LogP contribution in [0.4, 0.5) is 0 Å². The topological polar surface area (TPSA) is 58.2 Å². The minimum atomic E-state index is -0.329. The molecule has 5 heteroatoms. The van der Waals surface area contributed by atoms with E-state index >= 15 is 0 Å². The van der Waals surface area contributed by atoms with E-state index < -0.39 is 0 Å². The Bertz CT molecular complexity index is 682. The number of carbonyl (C=O) groups is 2. The Hall–Kier alpha value is -2.59. The van der Waals surface area contributed by atoms with Crippen molar-refractivity contribution in [2.75, 3.05) is 0 Å². The maximum atomic E-state index is 12.0. The zero-order valence-electron chi connectivity index (χ0n) is 11.8. The third-order valence-electron chi connectivity index (χ3n) is 2.93. The number of rotatable bonds is 6. The molecule has 0 radical (unpaired) electrons. The second kappa shape index (κ2) is 7.43. The van der Waals surface area contributed by atoms with Crippen LogP contribution in [0.5, 0.6) is 0 Å². The molecule has 0 bridgehead atoms. The Morgan fingerprint density at radius 2 is 1.55 bits per heavy atom. The van der Waals surface area contributed by atoms with Crippen LogP contribution in [-0.2, 0) is 0 Å². The largest absolute Gasteiger partial charge is 0.303 e. The molecule has 2 rings (SSSR count). The number of carbonyl (C=O) groups excluding carboxylic acids is 2. The Morgan fingerprint density at radius 1 is 0.909 bits per heavy atom. The van der Waals surface area contributed by atoms with E-state index in [4.69, 9.17) is 11.6 Å². The molecule has 4 nitrogen and oxygen atoms in total. The van der Waals surface area contributed by atoms with Gasteiger partial charge in [-0.3, -0.25) is 15.0 Å². The lowest BCUT2D eigenvalue weighted by Crippen LogP contribution is -2.36. The number of Topliss-reactive ketones (excluding diaryl/α,β-unsaturated/α-hetero) is 1. The van der Waals surface area contributed by atoms with Crippen molar-refractivity contribution >= 4 is 23.3 Å². The van der Waals surface area contributed by atoms with Crippen LogP contribution >= 0.6 is 11.6 Å². The van der Waals surface area contributed by atoms with Gasteiger partial charge in [0.2, 0.25) is 0 Å². The Labute approximate surface area is 133 Å². The Morgan fingerprint density at radius 3 is 2.18 bits per heavy atom. The van der Waals surface area contributed by atoms with Crippen molar-refractivity contribution in [3.8, 4) is 0 Å². The number of nitrogens with one attached hydrogen (secondary N) is 2. The summed E-state index contributed by atoms with van der Waals surface area (Å²) in [5.74, 6) is -0.399. The molecule has 1 amide bonds. The van der Waals surface area contributed by atoms with E-state index in [-0.39, 0.29) is 18.1 Å². The number of hydrogen-bond donors (Lipinski definition) is 2. The van der Waals surface area contributed by atoms with E-state index in [2.05, 4.69) is 17.4 Å². The average molecular weight is 315 g/mol. The quantitative estimate of drug-likeness (QED) is 0.635. The van der Waals surface area contributed by atoms with Crippen LogP contribution in [0.25, 0.3) is 0 Å². The molecule has 0 heterocycles. The average Bonchev–Trinajstić information content (AvgIpc) is 2.54. The fourth-order valence-electron chi connectivity index (χ4n) is 1.78. The second-order valence-electron chi connectivity index (χ2n) is 4.66. The van der Waals surface area contributed by atoms with E-state index in [1.54, 1.807) is 48.5 Å². The molecular weight excluding hydrogens is 300 g/mol. The lowest BCUT2D eigenvalue weighted by Gasteiger charge is -2.10. The van der Waals surface area contributed by atoms with Gasteiger partial charge in [0.15, 0.2) is 5.78 Å². The van der Waals surface area contributed by atoms with Gasteiger partial charge < -0.3 is 5.43 Å². The van der Waals surface area contributed by atoms with Crippen molar-refractivity contribution < 1.29 is 9.59 Å². The lowest BCUT2D eigenvalue weighted by atomic mass is 10.1. The Kier molecular flexibility index (Phi) is 5.33. The Balaban J connectivity index is 1.84. The van der Waals surface area contributed by atoms with Crippen LogP contribution in [0.15, 0.2) is 66.9 Å². The molecule has 0 aliphatic carbocycles. The number of hydrogen-bond acceptors (Lipinski definition) is 3. The van der Waals surface area contributed by atoms with Gasteiger partial charge in [0, 0.05) is 21.8 Å². The maximum Gasteiger partial charge on any atom is 0.269 e. The summed E-state index contributed by atoms with van der Waals surface area (Å²) in [6.45, 7) is 3.73. The number of allylic oxidation sites excluding steroid dienone is 1. The third kappa shape index (κ3) is 4.46. The summed E-state index contributed by atoms with van der Waals surface area (Å²) in [5, 5.41) is 0.558. The van der Waals surface area contributed by atoms with Crippen molar-refractivity contribution in [1.82, 2.24) is 10.9 Å². The van der Waals surface area contributed by atoms with Crippen molar-refractivity contribution in [3.63, 3.8) is 0 Å². The molecule has 0 spiro atoms. The monoisotopic (exact) mass is 314 g/mol. The van der Waals surface area contributed by atoms with Crippen LogP contribution in [0.1, 0.15) is 27.1 Å². The van der Waals surface area contributed by atoms with E-state index in [1.165, 1.54) is 0 Å². The fraction of sp³-hybridized carbons (Fsp3) is 0.0588. The molecule has 22 heavy (non-hydrogen) atoms. The summed E-state index contributed by atoms with van der Waals surface area (Å²) in [5.41, 5.74) is 6.62. The van der Waals surface area contributed by atoms with Gasteiger partial charge in [-0.05, 0) is 24.3 Å². The highest BCUT2D eigenvalue weighted by Gasteiger charge is 2.09. The number of hydrazine groups is 1. The van der Waals surface area contributed by atoms with Gasteiger partial charge in [-0.1, -0.05) is 48.5 Å². The first-order valence-corrected chi connectivity index (χ1v) is 7.02. The van der Waals surface area contributed by atoms with Gasteiger partial charge in [-0.15, -0.1) is 0 Å². The summed E-state index contributed by atoms with van der Waals surface area (Å²) in [4.78, 5) is 23.9. The normalized spacial score (nSPS) is 9.86. The molecule has 112 valence electrons. The van der Waals surface area contributed by atoms with Crippen LogP contribution in [0.2, 0.25) is 5.02 Å². The molecule has 0 atom stereocenters. The fourth-order valence-corrected chi connectivity index (χ4v) is 1.91. The van der Waals surface area contributed by atoms with Crippen molar-refractivity contribution in [2.45, 2.75) is 6.42 Å². The summed E-state index contributed by atoms with van der Waals surface area (Å²) >= 11 is 5.76. The summed E-state index contributed by atoms with van der Waals surface area (Å²) < 4.78 is 0. The molecule has 0 fully saturated rings. The summed E-state index contributed by atoms with van der Waals surface area (Å²) in [6.07, 6.45) is 0.102. The number of benzene rings is 2. The molecule has 2 N–H and O–H groups in total. The highest BCUT2D eigenvalue weighted by molar-refractivity contribution is 6.30. The zero-order chi connectivity index (χ0) is 15.9. The predicted molar refractivity (Wildman–Crippen MR) is 86.6 cm³/mol. The second-order valence-corrected chi connectivity index (χ2v) is 5.09. The minimum Gasteiger partial charge on any atom is -0.303 e. The van der Waals surface area contributed by atoms with Gasteiger partial charge in [0.25, 0.3) is 5.91 Å². The third-order valence-corrected chi connectivity index (χ3v) is 3.18. The first kappa shape index (κ1) is 15.8. The standard InChI is InChI=1S/C17H15ClN2O2/c1-12(11-16(21)13-5-3-2-4-6-13)19-20-17(22)14-7-9-15(18)10-8-14/h2-10,19H,1,11H2,(H,20,22). The first-order valence-electron chi connectivity index (χ1n) is 6.64. The molecule has 2 aromatic carbocycles. The molecule has 0 unspecified atom stereocenters. The van der Waals surface area contributed by atoms with E-state index in [9.17, 15) is 9.59 Å². The van der Waals surface area contributed by atoms with Gasteiger partial charge in [-0.2, -0.15) is 0 Å². The maximum absolute atomic E-state index is 12.0. The number of ketones is 1. The van der Waals surface area contributed by atoms with E-state index in [0.29, 0.717) is 21.8 Å². The highest BCUT2D eigenvalue weighted by atomic mass is 35.5. The van der Waals surface area contributed by atoms with Gasteiger partial charge in [-0.25, -0.2) is 0 Å². The lowest BCUT2D eigenvalue weighted by molar-refractivity contribution is 0.0929. The van der Waals surface area contributed by atoms with Crippen molar-refractivity contribution in [2.24, 2.45) is 0 Å². The molecule has 0 saturated carbocycles. The molecule has 2 aromatic rings. The van der Waals surface area contributed by atoms with Crippen LogP contribution in [-0.4, -0.2) is 11.7 Å². The van der Waals surface area contributed by atoms with Crippen LogP contribution in [0, 0.1) is 0 Å². The smallest absolute Gasteiger partial charge is 0.269 e. The first-order chi connectivity index (χ1) is 10.6. The molecule has 0 aromatic heterocycles. The van der Waals surface area contributed by atoms with Crippen LogP contribution < -0.4 is 10.9 Å². The molecule has 0 aliphatic heterocycles. The van der Waals surface area contributed by atoms with Gasteiger partial charge >= 0.3 is 0 Å². The predicted octanol–water partition coefficient (Wildman–Crippen LogP) is 3.36. The van der Waals surface area contributed by atoms with Gasteiger partial charge in [0.05, 0.1) is 6.42 Å². The molecule has 0 aliphatic rings. The molecular formula is C17H15ClN2O2. The number of halogens is 1. The van der Waals surface area contributed by atoms with Crippen molar-refractivity contribution in [1.29, 1.82) is 0 Å².